The molecule has 3 aliphatic carbocycles. The molecule has 0 heterocycles. The summed E-state index contributed by atoms with van der Waals surface area (Å²) in [5.74, 6) is 3.14. The molecule has 5 atom stereocenters. The van der Waals surface area contributed by atoms with Gasteiger partial charge in [-0.2, -0.15) is 0 Å². The van der Waals surface area contributed by atoms with Crippen molar-refractivity contribution in [3.8, 4) is 5.75 Å². The predicted molar refractivity (Wildman–Crippen MR) is 121 cm³/mol. The molecule has 0 aromatic heterocycles. The first-order chi connectivity index (χ1) is 14.6. The monoisotopic (exact) mass is 405 g/mol. The van der Waals surface area contributed by atoms with Crippen LogP contribution in [0.25, 0.3) is 0 Å². The van der Waals surface area contributed by atoms with Crippen LogP contribution < -0.4 is 10.1 Å². The molecule has 2 aromatic rings. The molecule has 0 radical (unpaired) electrons. The lowest BCUT2D eigenvalue weighted by atomic mass is 9.55. The average Bonchev–Trinajstić information content (AvgIpc) is 3.08. The third-order valence-electron chi connectivity index (χ3n) is 8.37. The van der Waals surface area contributed by atoms with Gasteiger partial charge >= 0.3 is 0 Å². The Morgan fingerprint density at radius 2 is 1.93 bits per heavy atom. The Morgan fingerprint density at radius 1 is 1.07 bits per heavy atom. The second-order valence-electron chi connectivity index (χ2n) is 9.92. The van der Waals surface area contributed by atoms with E-state index in [-0.39, 0.29) is 11.5 Å². The lowest BCUT2D eigenvalue weighted by molar-refractivity contribution is -0.0226. The maximum absolute atomic E-state index is 10.6. The highest BCUT2D eigenvalue weighted by molar-refractivity contribution is 5.40. The van der Waals surface area contributed by atoms with Gasteiger partial charge in [-0.25, -0.2) is 0 Å². The number of benzene rings is 2. The van der Waals surface area contributed by atoms with Gasteiger partial charge in [0.1, 0.15) is 12.4 Å². The zero-order valence-corrected chi connectivity index (χ0v) is 18.1. The molecule has 2 N–H and O–H groups in total. The largest absolute Gasteiger partial charge is 0.492 e. The number of hydrogen-bond donors (Lipinski definition) is 2. The third-order valence-corrected chi connectivity index (χ3v) is 8.37. The first-order valence-corrected chi connectivity index (χ1v) is 11.8. The van der Waals surface area contributed by atoms with Crippen molar-refractivity contribution in [1.29, 1.82) is 0 Å². The normalized spacial score (nSPS) is 32.2. The van der Waals surface area contributed by atoms with Gasteiger partial charge in [-0.1, -0.05) is 43.3 Å². The Kier molecular flexibility index (Phi) is 5.59. The van der Waals surface area contributed by atoms with Gasteiger partial charge in [0.25, 0.3) is 0 Å². The summed E-state index contributed by atoms with van der Waals surface area (Å²) in [5.41, 5.74) is 4.52. The first kappa shape index (κ1) is 20.1. The van der Waals surface area contributed by atoms with E-state index in [1.807, 2.05) is 6.07 Å². The number of ether oxygens (including phenoxy) is 1. The SMILES string of the molecule is CC12CCC3c4ccc(OCCNCc5ccccc5)cc4CCC3C1CCC2O. The third kappa shape index (κ3) is 3.67. The Balaban J connectivity index is 1.18. The van der Waals surface area contributed by atoms with Crippen LogP contribution in [-0.4, -0.2) is 24.4 Å². The van der Waals surface area contributed by atoms with Gasteiger partial charge in [0.15, 0.2) is 0 Å². The number of hydrogen-bond acceptors (Lipinski definition) is 3. The Labute approximate surface area is 180 Å². The quantitative estimate of drug-likeness (QED) is 0.659. The van der Waals surface area contributed by atoms with E-state index in [2.05, 4.69) is 54.7 Å². The zero-order chi connectivity index (χ0) is 20.6. The highest BCUT2D eigenvalue weighted by atomic mass is 16.5. The minimum absolute atomic E-state index is 0.0869. The molecule has 0 bridgehead atoms. The molecule has 0 spiro atoms. The van der Waals surface area contributed by atoms with Crippen LogP contribution in [0.3, 0.4) is 0 Å². The fraction of sp³-hybridized carbons (Fsp3) is 0.556. The molecule has 30 heavy (non-hydrogen) atoms. The van der Waals surface area contributed by atoms with Crippen LogP contribution in [0.1, 0.15) is 61.6 Å². The van der Waals surface area contributed by atoms with Crippen LogP contribution in [-0.2, 0) is 13.0 Å². The Morgan fingerprint density at radius 3 is 2.80 bits per heavy atom. The number of nitrogens with one attached hydrogen (secondary N) is 1. The average molecular weight is 406 g/mol. The van der Waals surface area contributed by atoms with E-state index in [4.69, 9.17) is 4.74 Å². The smallest absolute Gasteiger partial charge is 0.119 e. The fourth-order valence-corrected chi connectivity index (χ4v) is 6.69. The summed E-state index contributed by atoms with van der Waals surface area (Å²) in [6.07, 6.45) is 6.95. The molecule has 3 aliphatic rings. The molecule has 3 heteroatoms. The minimum Gasteiger partial charge on any atom is -0.492 e. The van der Waals surface area contributed by atoms with E-state index in [0.29, 0.717) is 18.4 Å². The molecule has 0 saturated heterocycles. The lowest BCUT2D eigenvalue weighted by Crippen LogP contribution is -2.43. The van der Waals surface area contributed by atoms with E-state index in [1.165, 1.54) is 36.8 Å². The molecule has 2 fully saturated rings. The zero-order valence-electron chi connectivity index (χ0n) is 18.1. The van der Waals surface area contributed by atoms with Gasteiger partial charge < -0.3 is 15.2 Å². The summed E-state index contributed by atoms with van der Waals surface area (Å²) in [4.78, 5) is 0. The van der Waals surface area contributed by atoms with Gasteiger partial charge in [-0.05, 0) is 90.5 Å². The van der Waals surface area contributed by atoms with Gasteiger partial charge in [0.2, 0.25) is 0 Å². The van der Waals surface area contributed by atoms with Crippen LogP contribution in [0.15, 0.2) is 48.5 Å². The van der Waals surface area contributed by atoms with E-state index < -0.39 is 0 Å². The summed E-state index contributed by atoms with van der Waals surface area (Å²) in [6.45, 7) is 4.77. The number of rotatable bonds is 6. The molecule has 0 aliphatic heterocycles. The van der Waals surface area contributed by atoms with Crippen molar-refractivity contribution >= 4 is 0 Å². The number of aliphatic hydroxyl groups is 1. The molecule has 160 valence electrons. The maximum Gasteiger partial charge on any atom is 0.119 e. The van der Waals surface area contributed by atoms with Crippen molar-refractivity contribution in [1.82, 2.24) is 5.32 Å². The fourth-order valence-electron chi connectivity index (χ4n) is 6.69. The van der Waals surface area contributed by atoms with Crippen molar-refractivity contribution in [3.05, 3.63) is 65.2 Å². The molecular weight excluding hydrogens is 370 g/mol. The van der Waals surface area contributed by atoms with Crippen LogP contribution in [0.4, 0.5) is 0 Å². The highest BCUT2D eigenvalue weighted by Gasteiger charge is 2.54. The molecule has 5 rings (SSSR count). The van der Waals surface area contributed by atoms with E-state index in [1.54, 1.807) is 5.56 Å². The van der Waals surface area contributed by atoms with Crippen LogP contribution in [0.5, 0.6) is 5.75 Å². The molecule has 2 saturated carbocycles. The summed E-state index contributed by atoms with van der Waals surface area (Å²) >= 11 is 0. The van der Waals surface area contributed by atoms with Crippen molar-refractivity contribution < 1.29 is 9.84 Å². The van der Waals surface area contributed by atoms with Crippen molar-refractivity contribution in [2.75, 3.05) is 13.2 Å². The van der Waals surface area contributed by atoms with Gasteiger partial charge in [-0.3, -0.25) is 0 Å². The Bertz CT molecular complexity index is 866. The first-order valence-electron chi connectivity index (χ1n) is 11.8. The number of aryl methyl sites for hydroxylation is 1. The summed E-state index contributed by atoms with van der Waals surface area (Å²) < 4.78 is 6.05. The molecule has 3 nitrogen and oxygen atoms in total. The predicted octanol–water partition coefficient (Wildman–Crippen LogP) is 5.07. The van der Waals surface area contributed by atoms with Gasteiger partial charge in [0.05, 0.1) is 6.10 Å². The van der Waals surface area contributed by atoms with Crippen molar-refractivity contribution in [3.63, 3.8) is 0 Å². The highest BCUT2D eigenvalue weighted by Crippen LogP contribution is 2.60. The van der Waals surface area contributed by atoms with E-state index >= 15 is 0 Å². The second kappa shape index (κ2) is 8.36. The maximum atomic E-state index is 10.6. The number of fused-ring (bicyclic) bond motifs is 5. The molecule has 0 amide bonds. The Hall–Kier alpha value is -1.84. The van der Waals surface area contributed by atoms with Gasteiger partial charge in [0, 0.05) is 13.1 Å². The van der Waals surface area contributed by atoms with Crippen molar-refractivity contribution in [2.45, 2.75) is 64.0 Å². The molecule has 5 unspecified atom stereocenters. The van der Waals surface area contributed by atoms with Crippen LogP contribution in [0.2, 0.25) is 0 Å². The lowest BCUT2D eigenvalue weighted by Gasteiger charge is -2.50. The van der Waals surface area contributed by atoms with Crippen LogP contribution in [0, 0.1) is 17.3 Å². The van der Waals surface area contributed by atoms with E-state index in [0.717, 1.165) is 37.6 Å². The standard InChI is InChI=1S/C27H35NO2/c1-27-14-13-23-22-10-8-21(30-16-15-28-18-19-5-3-2-4-6-19)17-20(22)7-9-24(23)25(27)11-12-26(27)29/h2-6,8,10,17,23-26,28-29H,7,9,11-16,18H2,1H3. The number of aliphatic hydroxyl groups excluding tert-OH is 1. The summed E-state index contributed by atoms with van der Waals surface area (Å²) in [5, 5.41) is 14.0. The van der Waals surface area contributed by atoms with Crippen molar-refractivity contribution in [2.24, 2.45) is 17.3 Å². The van der Waals surface area contributed by atoms with Crippen LogP contribution >= 0.6 is 0 Å². The van der Waals surface area contributed by atoms with E-state index in [9.17, 15) is 5.11 Å². The summed E-state index contributed by atoms with van der Waals surface area (Å²) in [7, 11) is 0. The van der Waals surface area contributed by atoms with Gasteiger partial charge in [-0.15, -0.1) is 0 Å². The minimum atomic E-state index is -0.0869. The topological polar surface area (TPSA) is 41.5 Å². The second-order valence-corrected chi connectivity index (χ2v) is 9.92. The molecular formula is C27H35NO2. The summed E-state index contributed by atoms with van der Waals surface area (Å²) in [6, 6.07) is 17.3. The molecule has 2 aromatic carbocycles.